The second kappa shape index (κ2) is 7.57. The molecule has 2 aromatic carbocycles. The molecule has 0 saturated heterocycles. The number of hydrogen-bond acceptors (Lipinski definition) is 4. The first kappa shape index (κ1) is 17.3. The highest BCUT2D eigenvalue weighted by atomic mass is 16.5. The molecule has 0 bridgehead atoms. The summed E-state index contributed by atoms with van der Waals surface area (Å²) in [4.78, 5) is 15.7. The third kappa shape index (κ3) is 4.12. The summed E-state index contributed by atoms with van der Waals surface area (Å²) in [6.07, 6.45) is 0.129. The molecule has 132 valence electrons. The number of carbonyl (C=O) groups is 1. The summed E-state index contributed by atoms with van der Waals surface area (Å²) in [7, 11) is 2.09. The van der Waals surface area contributed by atoms with E-state index in [9.17, 15) is 4.79 Å². The maximum absolute atomic E-state index is 11.1. The van der Waals surface area contributed by atoms with Gasteiger partial charge in [-0.3, -0.25) is 9.69 Å². The predicted molar refractivity (Wildman–Crippen MR) is 100 cm³/mol. The zero-order chi connectivity index (χ0) is 17.8. The van der Waals surface area contributed by atoms with E-state index in [-0.39, 0.29) is 6.10 Å². The van der Waals surface area contributed by atoms with Crippen molar-refractivity contribution in [2.45, 2.75) is 19.6 Å². The fourth-order valence-electron chi connectivity index (χ4n) is 3.27. The Balaban J connectivity index is 1.61. The van der Waals surface area contributed by atoms with E-state index in [1.165, 1.54) is 5.69 Å². The zero-order valence-electron chi connectivity index (χ0n) is 14.8. The molecule has 1 heterocycles. The number of ether oxygens (including phenoxy) is 1. The molecule has 0 aromatic heterocycles. The van der Waals surface area contributed by atoms with Gasteiger partial charge >= 0.3 is 0 Å². The Morgan fingerprint density at radius 2 is 1.96 bits per heavy atom. The number of nitrogens with two attached hydrogens (primary N) is 1. The molecule has 5 nitrogen and oxygen atoms in total. The van der Waals surface area contributed by atoms with E-state index in [2.05, 4.69) is 29.8 Å². The molecule has 5 heteroatoms. The van der Waals surface area contributed by atoms with Crippen molar-refractivity contribution in [3.63, 3.8) is 0 Å². The van der Waals surface area contributed by atoms with Gasteiger partial charge in [0.05, 0.1) is 12.2 Å². The molecule has 0 radical (unpaired) electrons. The number of para-hydroxylation sites is 2. The van der Waals surface area contributed by atoms with E-state index in [1.54, 1.807) is 12.1 Å². The fraction of sp³-hybridized carbons (Fsp3) is 0.350. The molecule has 0 spiro atoms. The molecule has 0 aliphatic carbocycles. The molecule has 0 unspecified atom stereocenters. The van der Waals surface area contributed by atoms with Crippen molar-refractivity contribution in [2.75, 3.05) is 31.6 Å². The number of nitrogens with zero attached hydrogens (tertiary/aromatic N) is 2. The van der Waals surface area contributed by atoms with Crippen LogP contribution in [-0.2, 0) is 6.54 Å². The van der Waals surface area contributed by atoms with Crippen LogP contribution in [0.25, 0.3) is 0 Å². The van der Waals surface area contributed by atoms with Crippen LogP contribution < -0.4 is 15.4 Å². The van der Waals surface area contributed by atoms with Gasteiger partial charge in [0.15, 0.2) is 0 Å². The Hall–Kier alpha value is -2.53. The molecule has 1 aliphatic heterocycles. The van der Waals surface area contributed by atoms with Crippen LogP contribution in [0.5, 0.6) is 5.75 Å². The minimum atomic E-state index is -0.395. The van der Waals surface area contributed by atoms with Crippen molar-refractivity contribution >= 4 is 11.6 Å². The monoisotopic (exact) mass is 339 g/mol. The molecule has 1 amide bonds. The van der Waals surface area contributed by atoms with Gasteiger partial charge in [-0.1, -0.05) is 24.3 Å². The van der Waals surface area contributed by atoms with Gasteiger partial charge in [0, 0.05) is 25.2 Å². The Morgan fingerprint density at radius 3 is 2.64 bits per heavy atom. The molecule has 0 fully saturated rings. The van der Waals surface area contributed by atoms with Crippen LogP contribution in [0.3, 0.4) is 0 Å². The van der Waals surface area contributed by atoms with Crippen molar-refractivity contribution in [2.24, 2.45) is 5.73 Å². The lowest BCUT2D eigenvalue weighted by atomic mass is 10.1. The first-order chi connectivity index (χ1) is 12.1. The van der Waals surface area contributed by atoms with Crippen molar-refractivity contribution < 1.29 is 9.53 Å². The third-order valence-electron chi connectivity index (χ3n) is 4.51. The van der Waals surface area contributed by atoms with Crippen molar-refractivity contribution in [3.05, 3.63) is 59.7 Å². The Morgan fingerprint density at radius 1 is 1.24 bits per heavy atom. The second-order valence-electron chi connectivity index (χ2n) is 6.50. The summed E-state index contributed by atoms with van der Waals surface area (Å²) in [5.74, 6) is 0.564. The number of likely N-dealkylation sites (N-methyl/N-ethyl adjacent to an activating group) is 2. The van der Waals surface area contributed by atoms with Crippen LogP contribution in [0.1, 0.15) is 22.8 Å². The minimum Gasteiger partial charge on any atom is -0.485 e. The number of benzene rings is 2. The first-order valence-corrected chi connectivity index (χ1v) is 8.64. The number of hydrogen-bond donors (Lipinski definition) is 1. The summed E-state index contributed by atoms with van der Waals surface area (Å²) >= 11 is 0. The standard InChI is InChI=1S/C20H25N3O2/c1-3-23-14-17(25-19-7-5-4-6-18(19)23)13-22(2)12-15-8-10-16(11-9-15)20(21)24/h4-11,17H,3,12-14H2,1-2H3,(H2,21,24)/t17-/m0/s1. The molecule has 25 heavy (non-hydrogen) atoms. The van der Waals surface area contributed by atoms with Crippen LogP contribution in [0.15, 0.2) is 48.5 Å². The molecular weight excluding hydrogens is 314 g/mol. The van der Waals surface area contributed by atoms with Crippen molar-refractivity contribution in [1.82, 2.24) is 4.90 Å². The highest BCUT2D eigenvalue weighted by Gasteiger charge is 2.25. The Bertz CT molecular complexity index is 730. The highest BCUT2D eigenvalue weighted by Crippen LogP contribution is 2.32. The summed E-state index contributed by atoms with van der Waals surface area (Å²) in [5, 5.41) is 0. The summed E-state index contributed by atoms with van der Waals surface area (Å²) in [5.41, 5.74) is 8.14. The molecule has 0 saturated carbocycles. The van der Waals surface area contributed by atoms with Gasteiger partial charge < -0.3 is 15.4 Å². The van der Waals surface area contributed by atoms with Gasteiger partial charge in [-0.05, 0) is 43.8 Å². The number of anilines is 1. The van der Waals surface area contributed by atoms with E-state index in [4.69, 9.17) is 10.5 Å². The van der Waals surface area contributed by atoms with E-state index in [1.807, 2.05) is 30.3 Å². The molecule has 1 aliphatic rings. The van der Waals surface area contributed by atoms with Gasteiger partial charge in [-0.25, -0.2) is 0 Å². The molecule has 1 atom stereocenters. The van der Waals surface area contributed by atoms with Gasteiger partial charge in [-0.2, -0.15) is 0 Å². The third-order valence-corrected chi connectivity index (χ3v) is 4.51. The van der Waals surface area contributed by atoms with Gasteiger partial charge in [0.25, 0.3) is 0 Å². The molecule has 2 N–H and O–H groups in total. The van der Waals surface area contributed by atoms with Crippen LogP contribution in [0.4, 0.5) is 5.69 Å². The summed E-state index contributed by atoms with van der Waals surface area (Å²) < 4.78 is 6.18. The molecular formula is C20H25N3O2. The normalized spacial score (nSPS) is 16.4. The molecule has 2 aromatic rings. The van der Waals surface area contributed by atoms with Crippen molar-refractivity contribution in [3.8, 4) is 5.75 Å². The lowest BCUT2D eigenvalue weighted by Gasteiger charge is -2.37. The van der Waals surface area contributed by atoms with Gasteiger partial charge in [0.2, 0.25) is 5.91 Å². The SMILES string of the molecule is CCN1C[C@H](CN(C)Cc2ccc(C(N)=O)cc2)Oc2ccccc21. The van der Waals surface area contributed by atoms with Crippen LogP contribution >= 0.6 is 0 Å². The highest BCUT2D eigenvalue weighted by molar-refractivity contribution is 5.92. The average Bonchev–Trinajstić information content (AvgIpc) is 2.61. The van der Waals surface area contributed by atoms with E-state index < -0.39 is 5.91 Å². The second-order valence-corrected chi connectivity index (χ2v) is 6.50. The van der Waals surface area contributed by atoms with Gasteiger partial charge in [-0.15, -0.1) is 0 Å². The lowest BCUT2D eigenvalue weighted by Crippen LogP contribution is -2.45. The zero-order valence-corrected chi connectivity index (χ0v) is 14.8. The number of fused-ring (bicyclic) bond motifs is 1. The topological polar surface area (TPSA) is 58.8 Å². The van der Waals surface area contributed by atoms with E-state index in [0.717, 1.165) is 37.5 Å². The van der Waals surface area contributed by atoms with Gasteiger partial charge in [0.1, 0.15) is 11.9 Å². The minimum absolute atomic E-state index is 0.129. The fourth-order valence-corrected chi connectivity index (χ4v) is 3.27. The quantitative estimate of drug-likeness (QED) is 0.878. The summed E-state index contributed by atoms with van der Waals surface area (Å²) in [6.45, 7) is 5.66. The maximum Gasteiger partial charge on any atom is 0.248 e. The van der Waals surface area contributed by atoms with E-state index in [0.29, 0.717) is 5.56 Å². The van der Waals surface area contributed by atoms with E-state index >= 15 is 0 Å². The Kier molecular flexibility index (Phi) is 5.24. The number of amides is 1. The largest absolute Gasteiger partial charge is 0.485 e. The van der Waals surface area contributed by atoms with Crippen LogP contribution in [0.2, 0.25) is 0 Å². The van der Waals surface area contributed by atoms with Crippen LogP contribution in [-0.4, -0.2) is 43.6 Å². The van der Waals surface area contributed by atoms with Crippen LogP contribution in [0, 0.1) is 0 Å². The first-order valence-electron chi connectivity index (χ1n) is 8.64. The summed E-state index contributed by atoms with van der Waals surface area (Å²) in [6, 6.07) is 15.7. The van der Waals surface area contributed by atoms with Crippen molar-refractivity contribution in [1.29, 1.82) is 0 Å². The Labute approximate surface area is 149 Å². The molecule has 3 rings (SSSR count). The lowest BCUT2D eigenvalue weighted by molar-refractivity contribution is 0.100. The number of carbonyl (C=O) groups excluding carboxylic acids is 1. The smallest absolute Gasteiger partial charge is 0.248 e. The maximum atomic E-state index is 11.1. The number of primary amides is 1. The number of rotatable bonds is 6. The average molecular weight is 339 g/mol. The predicted octanol–water partition coefficient (Wildman–Crippen LogP) is 2.50.